The van der Waals surface area contributed by atoms with Crippen molar-refractivity contribution >= 4 is 31.5 Å². The molecule has 1 aromatic heterocycles. The van der Waals surface area contributed by atoms with Gasteiger partial charge in [0, 0.05) is 55.0 Å². The van der Waals surface area contributed by atoms with Gasteiger partial charge in [0.15, 0.2) is 13.9 Å². The molecule has 2 fully saturated rings. The fourth-order valence-electron chi connectivity index (χ4n) is 7.79. The van der Waals surface area contributed by atoms with E-state index in [1.165, 1.54) is 0 Å². The van der Waals surface area contributed by atoms with Crippen LogP contribution in [0.5, 0.6) is 0 Å². The molecule has 5 atom stereocenters. The molecule has 10 nitrogen and oxygen atoms in total. The lowest BCUT2D eigenvalue weighted by Crippen LogP contribution is -2.46. The zero-order chi connectivity index (χ0) is 31.9. The molecule has 2 N–H and O–H groups in total. The van der Waals surface area contributed by atoms with Gasteiger partial charge in [0.05, 0.1) is 30.0 Å². The first-order chi connectivity index (χ1) is 21.6. The minimum Gasteiger partial charge on any atom is -0.432 e. The number of ether oxygens (including phenoxy) is 1. The largest absolute Gasteiger partial charge is 0.432 e. The first-order valence-corrected chi connectivity index (χ1v) is 19.0. The number of anilines is 2. The highest BCUT2D eigenvalue weighted by Gasteiger charge is 2.66. The number of rotatable bonds is 10. The molecule has 2 saturated heterocycles. The van der Waals surface area contributed by atoms with Crippen LogP contribution in [0.25, 0.3) is 0 Å². The number of hydrogen-bond donors (Lipinski definition) is 2. The van der Waals surface area contributed by atoms with E-state index in [2.05, 4.69) is 16.9 Å². The maximum Gasteiger partial charge on any atom is 0.264 e. The van der Waals surface area contributed by atoms with Crippen LogP contribution in [0.15, 0.2) is 67.4 Å². The zero-order valence-electron chi connectivity index (χ0n) is 26.3. The number of aliphatic hydroxyl groups is 1. The van der Waals surface area contributed by atoms with Crippen molar-refractivity contribution in [3.63, 3.8) is 0 Å². The van der Waals surface area contributed by atoms with Crippen LogP contribution >= 0.6 is 0 Å². The quantitative estimate of drug-likeness (QED) is 0.253. The molecule has 0 aliphatic carbocycles. The van der Waals surface area contributed by atoms with Crippen LogP contribution in [0.4, 0.5) is 11.4 Å². The van der Waals surface area contributed by atoms with Gasteiger partial charge in [-0.3, -0.25) is 14.3 Å². The van der Waals surface area contributed by atoms with E-state index < -0.39 is 20.0 Å². The minimum atomic E-state index is -2.85. The summed E-state index contributed by atoms with van der Waals surface area (Å²) in [5.74, 6) is -0.669. The van der Waals surface area contributed by atoms with E-state index in [1.54, 1.807) is 15.7 Å². The van der Waals surface area contributed by atoms with Crippen LogP contribution in [0.1, 0.15) is 55.3 Å². The molecule has 238 valence electrons. The summed E-state index contributed by atoms with van der Waals surface area (Å²) >= 11 is 0. The number of aromatic nitrogens is 3. The number of carbonyl (C=O) groups excluding carboxylic acids is 2. The van der Waals surface area contributed by atoms with Crippen LogP contribution in [-0.2, 0) is 26.5 Å². The Kier molecular flexibility index (Phi) is 8.55. The summed E-state index contributed by atoms with van der Waals surface area (Å²) in [5.41, 5.74) is 2.38. The topological polar surface area (TPSA) is 121 Å². The van der Waals surface area contributed by atoms with Gasteiger partial charge in [0.25, 0.3) is 5.91 Å². The third kappa shape index (κ3) is 5.45. The number of piperidine rings is 1. The van der Waals surface area contributed by atoms with Gasteiger partial charge in [0.2, 0.25) is 5.91 Å². The molecule has 45 heavy (non-hydrogen) atoms. The van der Waals surface area contributed by atoms with E-state index in [9.17, 15) is 19.5 Å². The molecule has 6 rings (SSSR count). The highest BCUT2D eigenvalue weighted by Crippen LogP contribution is 2.60. The third-order valence-electron chi connectivity index (χ3n) is 9.85. The van der Waals surface area contributed by atoms with E-state index in [0.717, 1.165) is 35.3 Å². The second kappa shape index (κ2) is 12.3. The Morgan fingerprint density at radius 1 is 1.18 bits per heavy atom. The Bertz CT molecular complexity index is 1570. The lowest BCUT2D eigenvalue weighted by atomic mass is 9.82. The van der Waals surface area contributed by atoms with Crippen LogP contribution in [0.2, 0.25) is 18.6 Å². The number of carbonyl (C=O) groups is 2. The van der Waals surface area contributed by atoms with Gasteiger partial charge in [0.1, 0.15) is 0 Å². The summed E-state index contributed by atoms with van der Waals surface area (Å²) in [5, 5.41) is 18.8. The molecule has 3 aromatic rings. The van der Waals surface area contributed by atoms with Gasteiger partial charge in [-0.15, -0.1) is 11.7 Å². The molecular weight excluding hydrogens is 586 g/mol. The lowest BCUT2D eigenvalue weighted by Gasteiger charge is -2.33. The Morgan fingerprint density at radius 3 is 2.64 bits per heavy atom. The number of aliphatic hydroxyl groups excluding tert-OH is 1. The normalized spacial score (nSPS) is 25.7. The van der Waals surface area contributed by atoms with E-state index in [4.69, 9.17) is 4.74 Å². The lowest BCUT2D eigenvalue weighted by molar-refractivity contribution is -0.145. The monoisotopic (exact) mass is 629 g/mol. The second-order valence-corrected chi connectivity index (χ2v) is 17.1. The smallest absolute Gasteiger partial charge is 0.264 e. The van der Waals surface area contributed by atoms with Gasteiger partial charge >= 0.3 is 0 Å². The fraction of sp³-hybridized carbons (Fsp3) is 0.471. The SMILES string of the molecule is C=CCN1C(=O)[C@@]2(O[C@@H](CCn3cc(C(CO)c4ccccc4)nn3)[C@H]([Si](C)(C)O)[C@H]2C)c2cc(N3CCCCC3=O)ccc21. The maximum atomic E-state index is 14.4. The van der Waals surface area contributed by atoms with Crippen molar-refractivity contribution in [1.29, 1.82) is 0 Å². The maximum absolute atomic E-state index is 14.4. The summed E-state index contributed by atoms with van der Waals surface area (Å²) in [6.07, 6.45) is 5.99. The van der Waals surface area contributed by atoms with E-state index in [0.29, 0.717) is 38.2 Å². The molecule has 0 radical (unpaired) electrons. The first-order valence-electron chi connectivity index (χ1n) is 15.9. The number of amides is 2. The van der Waals surface area contributed by atoms with Gasteiger partial charge < -0.3 is 24.4 Å². The highest BCUT2D eigenvalue weighted by molar-refractivity contribution is 6.71. The van der Waals surface area contributed by atoms with E-state index in [-0.39, 0.29) is 35.8 Å². The number of hydrogen-bond acceptors (Lipinski definition) is 7. The minimum absolute atomic E-state index is 0.0884. The molecule has 11 heteroatoms. The Labute approximate surface area is 265 Å². The van der Waals surface area contributed by atoms with Crippen LogP contribution in [-0.4, -0.2) is 70.8 Å². The van der Waals surface area contributed by atoms with Crippen LogP contribution < -0.4 is 9.80 Å². The number of fused-ring (bicyclic) bond motifs is 2. The van der Waals surface area contributed by atoms with Crippen molar-refractivity contribution in [2.45, 2.75) is 75.4 Å². The van der Waals surface area contributed by atoms with Crippen molar-refractivity contribution in [2.24, 2.45) is 5.92 Å². The molecule has 3 aliphatic rings. The summed E-state index contributed by atoms with van der Waals surface area (Å²) in [6, 6.07) is 15.5. The third-order valence-corrected chi connectivity index (χ3v) is 12.4. The predicted molar refractivity (Wildman–Crippen MR) is 174 cm³/mol. The summed E-state index contributed by atoms with van der Waals surface area (Å²) in [4.78, 5) is 42.4. The van der Waals surface area contributed by atoms with Crippen molar-refractivity contribution in [2.75, 3.05) is 29.5 Å². The van der Waals surface area contributed by atoms with E-state index >= 15 is 0 Å². The Balaban J connectivity index is 1.32. The standard InChI is InChI=1S/C34H43N5O5Si/c1-5-17-39-29-15-14-25(38-18-10-9-13-31(38)41)20-27(29)34(33(39)42)23(2)32(45(3,4)43)30(44-34)16-19-37-21-28(35-36-37)26(22-40)24-11-7-6-8-12-24/h5-8,11-12,14-15,20-21,23,26,30,32,40,43H,1,9-10,13,16-19,22H2,2-4H3/t23-,26?,30+,32-,34+/m1/s1. The van der Waals surface area contributed by atoms with Crippen LogP contribution in [0.3, 0.4) is 0 Å². The number of benzene rings is 2. The summed E-state index contributed by atoms with van der Waals surface area (Å²) in [6.45, 7) is 11.1. The molecule has 4 heterocycles. The average Bonchev–Trinajstić information content (AvgIpc) is 3.68. The molecule has 0 saturated carbocycles. The summed E-state index contributed by atoms with van der Waals surface area (Å²) in [7, 11) is -2.85. The summed E-state index contributed by atoms with van der Waals surface area (Å²) < 4.78 is 8.70. The van der Waals surface area contributed by atoms with Gasteiger partial charge in [-0.2, -0.15) is 0 Å². The predicted octanol–water partition coefficient (Wildman–Crippen LogP) is 4.34. The molecule has 3 aliphatic heterocycles. The first kappa shape index (κ1) is 31.3. The molecule has 0 bridgehead atoms. The van der Waals surface area contributed by atoms with Crippen molar-refractivity contribution < 1.29 is 24.2 Å². The van der Waals surface area contributed by atoms with Crippen molar-refractivity contribution in [1.82, 2.24) is 15.0 Å². The molecule has 2 amide bonds. The van der Waals surface area contributed by atoms with E-state index in [1.807, 2.05) is 79.6 Å². The number of aryl methyl sites for hydroxylation is 1. The second-order valence-electron chi connectivity index (χ2n) is 13.1. The van der Waals surface area contributed by atoms with Crippen molar-refractivity contribution in [3.8, 4) is 0 Å². The number of nitrogens with zero attached hydrogens (tertiary/aromatic N) is 5. The average molecular weight is 630 g/mol. The van der Waals surface area contributed by atoms with Crippen molar-refractivity contribution in [3.05, 3.63) is 84.2 Å². The highest BCUT2D eigenvalue weighted by atomic mass is 28.4. The Morgan fingerprint density at radius 2 is 1.96 bits per heavy atom. The molecule has 1 unspecified atom stereocenters. The van der Waals surface area contributed by atoms with Gasteiger partial charge in [-0.25, -0.2) is 0 Å². The molecule has 1 spiro atoms. The fourth-order valence-corrected chi connectivity index (χ4v) is 10.4. The van der Waals surface area contributed by atoms with Gasteiger partial charge in [-0.1, -0.05) is 48.5 Å². The molecular formula is C34H43N5O5Si. The van der Waals surface area contributed by atoms with Gasteiger partial charge in [-0.05, 0) is 56.1 Å². The Hall–Kier alpha value is -3.64. The molecule has 2 aromatic carbocycles. The van der Waals surface area contributed by atoms with Crippen LogP contribution in [0, 0.1) is 5.92 Å². The zero-order valence-corrected chi connectivity index (χ0v) is 27.3.